The Morgan fingerprint density at radius 3 is 2.67 bits per heavy atom. The fourth-order valence-corrected chi connectivity index (χ4v) is 4.77. The molecule has 0 bridgehead atoms. The lowest BCUT2D eigenvalue weighted by Crippen LogP contribution is -2.35. The van der Waals surface area contributed by atoms with Gasteiger partial charge in [-0.05, 0) is 42.7 Å². The Bertz CT molecular complexity index is 734. The fourth-order valence-electron chi connectivity index (χ4n) is 3.52. The van der Waals surface area contributed by atoms with Crippen LogP contribution in [0.15, 0.2) is 54.6 Å². The van der Waals surface area contributed by atoms with Crippen molar-refractivity contribution in [1.29, 1.82) is 0 Å². The molecular weight excluding hydrogens is 354 g/mol. The molecular formula is C23H29NO2S. The average Bonchev–Trinajstić information content (AvgIpc) is 3.19. The number of hydrogen-bond acceptors (Lipinski definition) is 3. The second kappa shape index (κ2) is 9.84. The Balaban J connectivity index is 1.74. The molecule has 3 rings (SSSR count). The summed E-state index contributed by atoms with van der Waals surface area (Å²) in [5.41, 5.74) is 1.14. The van der Waals surface area contributed by atoms with E-state index < -0.39 is 0 Å². The zero-order valence-electron chi connectivity index (χ0n) is 16.3. The first kappa shape index (κ1) is 19.8. The number of amides is 1. The number of carbonyl (C=O) groups excluding carboxylic acids is 1. The lowest BCUT2D eigenvalue weighted by Gasteiger charge is -2.28. The standard InChI is InChI=1S/C23H29NO2S/c1-3-5-10-18(4-2)22(25)24-15-16-27-23(24)19-11-9-14-21(17-19)26-20-12-7-6-8-13-20/h6-9,11-14,17-18,23H,3-5,10,15-16H2,1-2H3. The van der Waals surface area contributed by atoms with Gasteiger partial charge in [0.2, 0.25) is 5.91 Å². The molecule has 0 radical (unpaired) electrons. The molecule has 1 saturated heterocycles. The van der Waals surface area contributed by atoms with Crippen molar-refractivity contribution in [2.75, 3.05) is 12.3 Å². The fraction of sp³-hybridized carbons (Fsp3) is 0.435. The maximum atomic E-state index is 13.1. The molecule has 2 unspecified atom stereocenters. The van der Waals surface area contributed by atoms with Crippen LogP contribution in [-0.4, -0.2) is 23.1 Å². The Kier molecular flexibility index (Phi) is 7.22. The van der Waals surface area contributed by atoms with Gasteiger partial charge in [0, 0.05) is 18.2 Å². The van der Waals surface area contributed by atoms with Gasteiger partial charge in [0.25, 0.3) is 0 Å². The molecule has 1 heterocycles. The van der Waals surface area contributed by atoms with Crippen molar-refractivity contribution in [3.63, 3.8) is 0 Å². The third kappa shape index (κ3) is 5.07. The molecule has 27 heavy (non-hydrogen) atoms. The molecule has 0 aromatic heterocycles. The van der Waals surface area contributed by atoms with Crippen LogP contribution in [0.1, 0.15) is 50.5 Å². The number of hydrogen-bond donors (Lipinski definition) is 0. The highest BCUT2D eigenvalue weighted by Crippen LogP contribution is 2.40. The molecule has 0 N–H and O–H groups in total. The van der Waals surface area contributed by atoms with Crippen molar-refractivity contribution in [2.24, 2.45) is 5.92 Å². The van der Waals surface area contributed by atoms with Gasteiger partial charge in [0.15, 0.2) is 0 Å². The van der Waals surface area contributed by atoms with Gasteiger partial charge < -0.3 is 9.64 Å². The summed E-state index contributed by atoms with van der Waals surface area (Å²) < 4.78 is 5.98. The Morgan fingerprint density at radius 1 is 1.15 bits per heavy atom. The largest absolute Gasteiger partial charge is 0.457 e. The van der Waals surface area contributed by atoms with Gasteiger partial charge in [-0.2, -0.15) is 0 Å². The van der Waals surface area contributed by atoms with Crippen LogP contribution in [0.4, 0.5) is 0 Å². The summed E-state index contributed by atoms with van der Waals surface area (Å²) in [6.45, 7) is 5.15. The van der Waals surface area contributed by atoms with Gasteiger partial charge in [0.1, 0.15) is 16.9 Å². The van der Waals surface area contributed by atoms with Gasteiger partial charge in [-0.25, -0.2) is 0 Å². The monoisotopic (exact) mass is 383 g/mol. The summed E-state index contributed by atoms with van der Waals surface area (Å²) in [5, 5.41) is 0.0903. The SMILES string of the molecule is CCCCC(CC)C(=O)N1CCSC1c1cccc(Oc2ccccc2)c1. The quantitative estimate of drug-likeness (QED) is 0.538. The van der Waals surface area contributed by atoms with Crippen LogP contribution in [0.3, 0.4) is 0 Å². The molecule has 2 atom stereocenters. The van der Waals surface area contributed by atoms with Gasteiger partial charge in [0.05, 0.1) is 0 Å². The van der Waals surface area contributed by atoms with E-state index >= 15 is 0 Å². The minimum atomic E-state index is 0.0903. The average molecular weight is 384 g/mol. The van der Waals surface area contributed by atoms with Gasteiger partial charge in [-0.15, -0.1) is 11.8 Å². The number of benzene rings is 2. The summed E-state index contributed by atoms with van der Waals surface area (Å²) in [6, 6.07) is 18.0. The Labute approximate surface area is 167 Å². The molecule has 1 fully saturated rings. The number of carbonyl (C=O) groups is 1. The normalized spacial score (nSPS) is 17.7. The second-order valence-corrected chi connectivity index (χ2v) is 8.18. The molecule has 1 amide bonds. The van der Waals surface area contributed by atoms with E-state index in [1.807, 2.05) is 54.2 Å². The second-order valence-electron chi connectivity index (χ2n) is 6.99. The van der Waals surface area contributed by atoms with E-state index in [-0.39, 0.29) is 11.3 Å². The van der Waals surface area contributed by atoms with E-state index in [9.17, 15) is 4.79 Å². The van der Waals surface area contributed by atoms with Gasteiger partial charge in [-0.3, -0.25) is 4.79 Å². The molecule has 3 nitrogen and oxygen atoms in total. The molecule has 0 aliphatic carbocycles. The number of thioether (sulfide) groups is 1. The molecule has 2 aromatic carbocycles. The predicted molar refractivity (Wildman–Crippen MR) is 113 cm³/mol. The highest BCUT2D eigenvalue weighted by Gasteiger charge is 2.33. The number of unbranched alkanes of at least 4 members (excludes halogenated alkanes) is 1. The summed E-state index contributed by atoms with van der Waals surface area (Å²) in [4.78, 5) is 15.2. The van der Waals surface area contributed by atoms with Crippen molar-refractivity contribution in [1.82, 2.24) is 4.90 Å². The first-order chi connectivity index (χ1) is 13.2. The van der Waals surface area contributed by atoms with Crippen LogP contribution in [0.25, 0.3) is 0 Å². The Hall–Kier alpha value is -1.94. The predicted octanol–water partition coefficient (Wildman–Crippen LogP) is 6.27. The molecule has 0 spiro atoms. The summed E-state index contributed by atoms with van der Waals surface area (Å²) in [5.74, 6) is 3.10. The highest BCUT2D eigenvalue weighted by molar-refractivity contribution is 7.99. The number of para-hydroxylation sites is 1. The van der Waals surface area contributed by atoms with E-state index in [0.717, 1.165) is 55.0 Å². The smallest absolute Gasteiger partial charge is 0.226 e. The van der Waals surface area contributed by atoms with Crippen molar-refractivity contribution in [3.05, 3.63) is 60.2 Å². The molecule has 2 aromatic rings. The van der Waals surface area contributed by atoms with Crippen LogP contribution in [0.2, 0.25) is 0 Å². The third-order valence-corrected chi connectivity index (χ3v) is 6.31. The summed E-state index contributed by atoms with van der Waals surface area (Å²) >= 11 is 1.85. The summed E-state index contributed by atoms with van der Waals surface area (Å²) in [6.07, 6.45) is 4.18. The maximum Gasteiger partial charge on any atom is 0.226 e. The minimum absolute atomic E-state index is 0.0903. The van der Waals surface area contributed by atoms with Crippen molar-refractivity contribution in [3.8, 4) is 11.5 Å². The molecule has 4 heteroatoms. The van der Waals surface area contributed by atoms with E-state index in [0.29, 0.717) is 5.91 Å². The third-order valence-electron chi connectivity index (χ3n) is 5.04. The molecule has 1 aliphatic heterocycles. The lowest BCUT2D eigenvalue weighted by atomic mass is 9.97. The number of ether oxygens (including phenoxy) is 1. The van der Waals surface area contributed by atoms with Crippen molar-refractivity contribution in [2.45, 2.75) is 44.9 Å². The zero-order chi connectivity index (χ0) is 19.1. The topological polar surface area (TPSA) is 29.5 Å². The summed E-state index contributed by atoms with van der Waals surface area (Å²) in [7, 11) is 0. The molecule has 1 aliphatic rings. The van der Waals surface area contributed by atoms with E-state index in [1.165, 1.54) is 0 Å². The molecule has 0 saturated carbocycles. The van der Waals surface area contributed by atoms with Gasteiger partial charge in [-0.1, -0.05) is 57.0 Å². The highest BCUT2D eigenvalue weighted by atomic mass is 32.2. The maximum absolute atomic E-state index is 13.1. The van der Waals surface area contributed by atoms with Crippen LogP contribution in [0, 0.1) is 5.92 Å². The van der Waals surface area contributed by atoms with Crippen molar-refractivity contribution >= 4 is 17.7 Å². The minimum Gasteiger partial charge on any atom is -0.457 e. The first-order valence-corrected chi connectivity index (χ1v) is 11.0. The lowest BCUT2D eigenvalue weighted by molar-refractivity contribution is -0.136. The van der Waals surface area contributed by atoms with Crippen molar-refractivity contribution < 1.29 is 9.53 Å². The number of nitrogens with zero attached hydrogens (tertiary/aromatic N) is 1. The van der Waals surface area contributed by atoms with Crippen LogP contribution < -0.4 is 4.74 Å². The van der Waals surface area contributed by atoms with Crippen LogP contribution >= 0.6 is 11.8 Å². The van der Waals surface area contributed by atoms with Crippen LogP contribution in [-0.2, 0) is 4.79 Å². The number of rotatable bonds is 8. The zero-order valence-corrected chi connectivity index (χ0v) is 17.1. The first-order valence-electron chi connectivity index (χ1n) is 9.97. The van der Waals surface area contributed by atoms with E-state index in [1.54, 1.807) is 0 Å². The van der Waals surface area contributed by atoms with Crippen LogP contribution in [0.5, 0.6) is 11.5 Å². The van der Waals surface area contributed by atoms with E-state index in [4.69, 9.17) is 4.74 Å². The van der Waals surface area contributed by atoms with E-state index in [2.05, 4.69) is 30.9 Å². The Morgan fingerprint density at radius 2 is 1.93 bits per heavy atom. The molecule has 144 valence electrons. The van der Waals surface area contributed by atoms with Gasteiger partial charge >= 0.3 is 0 Å².